The predicted octanol–water partition coefficient (Wildman–Crippen LogP) is 3.20. The van der Waals surface area contributed by atoms with Crippen molar-refractivity contribution in [3.05, 3.63) is 33.3 Å². The van der Waals surface area contributed by atoms with Gasteiger partial charge < -0.3 is 5.43 Å². The summed E-state index contributed by atoms with van der Waals surface area (Å²) in [6, 6.07) is 3.54. The lowest BCUT2D eigenvalue weighted by molar-refractivity contribution is 0.146. The van der Waals surface area contributed by atoms with Gasteiger partial charge in [-0.1, -0.05) is 0 Å². The third-order valence-electron chi connectivity index (χ3n) is 2.23. The third kappa shape index (κ3) is 2.29. The van der Waals surface area contributed by atoms with E-state index in [1.807, 2.05) is 22.6 Å². The molecule has 90 valence electrons. The van der Waals surface area contributed by atoms with Crippen LogP contribution in [0.15, 0.2) is 18.2 Å². The highest BCUT2D eigenvalue weighted by molar-refractivity contribution is 14.1. The van der Waals surface area contributed by atoms with Gasteiger partial charge in [0.25, 0.3) is 6.43 Å². The van der Waals surface area contributed by atoms with Crippen molar-refractivity contribution in [2.75, 3.05) is 5.43 Å². The van der Waals surface area contributed by atoms with Crippen molar-refractivity contribution in [3.63, 3.8) is 0 Å². The normalized spacial score (nSPS) is 11.2. The number of anilines is 1. The van der Waals surface area contributed by atoms with E-state index in [0.29, 0.717) is 14.5 Å². The number of pyridine rings is 1. The summed E-state index contributed by atoms with van der Waals surface area (Å²) < 4.78 is 38.9. The molecule has 7 heteroatoms. The van der Waals surface area contributed by atoms with E-state index in [1.165, 1.54) is 12.1 Å². The molecule has 17 heavy (non-hydrogen) atoms. The number of alkyl halides is 2. The average molecular weight is 353 g/mol. The second-order valence-electron chi connectivity index (χ2n) is 3.32. The Bertz CT molecular complexity index is 574. The molecule has 0 atom stereocenters. The summed E-state index contributed by atoms with van der Waals surface area (Å²) in [7, 11) is 0. The first-order chi connectivity index (χ1) is 8.02. The fraction of sp³-hybridized carbons (Fsp3) is 0.100. The molecule has 0 fully saturated rings. The number of aromatic nitrogens is 1. The molecule has 0 aliphatic heterocycles. The lowest BCUT2D eigenvalue weighted by Crippen LogP contribution is -2.09. The number of nitrogen functional groups attached to an aromatic ring is 1. The van der Waals surface area contributed by atoms with Crippen molar-refractivity contribution in [2.45, 2.75) is 6.43 Å². The van der Waals surface area contributed by atoms with E-state index in [1.54, 1.807) is 0 Å². The fourth-order valence-electron chi connectivity index (χ4n) is 1.50. The van der Waals surface area contributed by atoms with Crippen LogP contribution in [-0.2, 0) is 0 Å². The van der Waals surface area contributed by atoms with Crippen LogP contribution >= 0.6 is 22.6 Å². The summed E-state index contributed by atoms with van der Waals surface area (Å²) in [5, 5.41) is 0.376. The Morgan fingerprint density at radius 2 is 2.00 bits per heavy atom. The minimum Gasteiger partial charge on any atom is -0.323 e. The van der Waals surface area contributed by atoms with E-state index in [4.69, 9.17) is 5.84 Å². The van der Waals surface area contributed by atoms with Crippen molar-refractivity contribution < 1.29 is 13.2 Å². The monoisotopic (exact) mass is 353 g/mol. The van der Waals surface area contributed by atoms with Crippen LogP contribution in [0.25, 0.3) is 10.9 Å². The Morgan fingerprint density at radius 3 is 2.59 bits per heavy atom. The maximum atomic E-state index is 13.2. The lowest BCUT2D eigenvalue weighted by atomic mass is 10.1. The smallest absolute Gasteiger partial charge is 0.280 e. The second kappa shape index (κ2) is 4.65. The quantitative estimate of drug-likeness (QED) is 0.495. The predicted molar refractivity (Wildman–Crippen MR) is 67.2 cm³/mol. The van der Waals surface area contributed by atoms with Crippen LogP contribution in [0, 0.1) is 9.39 Å². The van der Waals surface area contributed by atoms with Crippen LogP contribution in [0.5, 0.6) is 0 Å². The minimum absolute atomic E-state index is 0.225. The highest BCUT2D eigenvalue weighted by atomic mass is 127. The van der Waals surface area contributed by atoms with Crippen LogP contribution in [0.4, 0.5) is 18.9 Å². The van der Waals surface area contributed by atoms with Crippen LogP contribution in [0.1, 0.15) is 12.1 Å². The van der Waals surface area contributed by atoms with Gasteiger partial charge >= 0.3 is 0 Å². The summed E-state index contributed by atoms with van der Waals surface area (Å²) in [4.78, 5) is 3.80. The van der Waals surface area contributed by atoms with E-state index in [2.05, 4.69) is 10.4 Å². The lowest BCUT2D eigenvalue weighted by Gasteiger charge is -2.09. The molecule has 1 aromatic heterocycles. The number of benzene rings is 1. The summed E-state index contributed by atoms with van der Waals surface area (Å²) in [6.07, 6.45) is -2.70. The highest BCUT2D eigenvalue weighted by Crippen LogP contribution is 2.30. The number of hydrogen-bond acceptors (Lipinski definition) is 3. The molecule has 0 aliphatic rings. The van der Waals surface area contributed by atoms with E-state index < -0.39 is 17.9 Å². The first-order valence-corrected chi connectivity index (χ1v) is 5.65. The van der Waals surface area contributed by atoms with Gasteiger partial charge in [0.2, 0.25) is 0 Å². The molecule has 3 nitrogen and oxygen atoms in total. The van der Waals surface area contributed by atoms with Gasteiger partial charge in [0, 0.05) is 8.96 Å². The second-order valence-corrected chi connectivity index (χ2v) is 4.49. The van der Waals surface area contributed by atoms with Crippen molar-refractivity contribution in [1.82, 2.24) is 4.98 Å². The first-order valence-electron chi connectivity index (χ1n) is 4.57. The zero-order valence-corrected chi connectivity index (χ0v) is 10.5. The average Bonchev–Trinajstić information content (AvgIpc) is 2.27. The minimum atomic E-state index is -2.70. The van der Waals surface area contributed by atoms with Gasteiger partial charge in [-0.15, -0.1) is 0 Å². The fourth-order valence-corrected chi connectivity index (χ4v) is 2.21. The van der Waals surface area contributed by atoms with Crippen LogP contribution in [0.2, 0.25) is 0 Å². The third-order valence-corrected chi connectivity index (χ3v) is 3.05. The summed E-state index contributed by atoms with van der Waals surface area (Å²) >= 11 is 1.84. The Hall–Kier alpha value is -1.09. The van der Waals surface area contributed by atoms with Crippen molar-refractivity contribution in [3.8, 4) is 0 Å². The maximum Gasteiger partial charge on any atom is 0.280 e. The van der Waals surface area contributed by atoms with Crippen LogP contribution < -0.4 is 11.3 Å². The summed E-state index contributed by atoms with van der Waals surface area (Å²) in [5.74, 6) is 4.77. The van der Waals surface area contributed by atoms with Gasteiger partial charge in [-0.2, -0.15) is 0 Å². The van der Waals surface area contributed by atoms with E-state index in [9.17, 15) is 13.2 Å². The molecule has 0 radical (unpaired) electrons. The molecule has 0 bridgehead atoms. The summed E-state index contributed by atoms with van der Waals surface area (Å²) in [6.45, 7) is 0. The molecule has 1 aromatic carbocycles. The Balaban J connectivity index is 2.82. The SMILES string of the molecule is NNc1cc(C(F)F)nc2c(I)cc(F)cc12. The molecule has 2 aromatic rings. The number of hydrogen-bond donors (Lipinski definition) is 2. The maximum absolute atomic E-state index is 13.2. The highest BCUT2D eigenvalue weighted by Gasteiger charge is 2.15. The molecule has 0 saturated carbocycles. The molecule has 1 heterocycles. The number of nitrogens with two attached hydrogens (primary N) is 1. The van der Waals surface area contributed by atoms with Gasteiger partial charge in [-0.05, 0) is 40.8 Å². The van der Waals surface area contributed by atoms with Gasteiger partial charge in [0.15, 0.2) is 0 Å². The van der Waals surface area contributed by atoms with E-state index in [0.717, 1.165) is 6.07 Å². The van der Waals surface area contributed by atoms with Crippen molar-refractivity contribution in [1.29, 1.82) is 0 Å². The number of fused-ring (bicyclic) bond motifs is 1. The molecule has 0 spiro atoms. The molecular weight excluding hydrogens is 346 g/mol. The molecule has 0 amide bonds. The zero-order chi connectivity index (χ0) is 12.6. The molecule has 0 saturated heterocycles. The Morgan fingerprint density at radius 1 is 1.29 bits per heavy atom. The zero-order valence-electron chi connectivity index (χ0n) is 8.35. The molecule has 2 rings (SSSR count). The largest absolute Gasteiger partial charge is 0.323 e. The van der Waals surface area contributed by atoms with Crippen molar-refractivity contribution >= 4 is 39.2 Å². The summed E-state index contributed by atoms with van der Waals surface area (Å²) in [5.41, 5.74) is 2.41. The van der Waals surface area contributed by atoms with E-state index >= 15 is 0 Å². The number of rotatable bonds is 2. The Labute approximate surface area is 108 Å². The number of nitrogens with zero attached hydrogens (tertiary/aromatic N) is 1. The topological polar surface area (TPSA) is 50.9 Å². The number of nitrogens with one attached hydrogen (secondary N) is 1. The van der Waals surface area contributed by atoms with Gasteiger partial charge in [-0.3, -0.25) is 5.84 Å². The van der Waals surface area contributed by atoms with Gasteiger partial charge in [0.05, 0.1) is 11.2 Å². The molecule has 3 N–H and O–H groups in total. The molecule has 0 aliphatic carbocycles. The first kappa shape index (κ1) is 12.4. The van der Waals surface area contributed by atoms with Crippen LogP contribution in [0.3, 0.4) is 0 Å². The Kier molecular flexibility index (Phi) is 3.38. The van der Waals surface area contributed by atoms with Gasteiger partial charge in [0.1, 0.15) is 11.5 Å². The van der Waals surface area contributed by atoms with Crippen molar-refractivity contribution in [2.24, 2.45) is 5.84 Å². The van der Waals surface area contributed by atoms with E-state index in [-0.39, 0.29) is 5.69 Å². The molecular formula is C10H7F3IN3. The van der Waals surface area contributed by atoms with Gasteiger partial charge in [-0.25, -0.2) is 18.2 Å². The van der Waals surface area contributed by atoms with Crippen LogP contribution in [-0.4, -0.2) is 4.98 Å². The number of halogens is 4. The standard InChI is InChI=1S/C10H7F3IN3/c11-4-1-5-7(17-15)3-8(10(12)13)16-9(5)6(14)2-4/h1-3,10H,15H2,(H,16,17). The molecule has 0 unspecified atom stereocenters. The number of hydrazine groups is 1.